The molecule has 0 amide bonds. The van der Waals surface area contributed by atoms with Crippen LogP contribution in [-0.4, -0.2) is 24.1 Å². The lowest BCUT2D eigenvalue weighted by atomic mass is 10.1. The zero-order valence-electron chi connectivity index (χ0n) is 18.3. The Balaban J connectivity index is 1.59. The van der Waals surface area contributed by atoms with Crippen LogP contribution in [-0.2, 0) is 13.0 Å². The maximum atomic E-state index is 11.0. The third-order valence-electron chi connectivity index (χ3n) is 5.18. The summed E-state index contributed by atoms with van der Waals surface area (Å²) in [6, 6.07) is 22.3. The number of nitrogens with zero attached hydrogens (tertiary/aromatic N) is 2. The van der Waals surface area contributed by atoms with E-state index in [1.165, 1.54) is 12.1 Å². The Kier molecular flexibility index (Phi) is 6.85. The van der Waals surface area contributed by atoms with E-state index in [9.17, 15) is 10.1 Å². The first kappa shape index (κ1) is 22.3. The van der Waals surface area contributed by atoms with Crippen LogP contribution in [0.2, 0.25) is 0 Å². The maximum Gasteiger partial charge on any atom is 0.269 e. The fourth-order valence-corrected chi connectivity index (χ4v) is 4.38. The molecule has 0 saturated carbocycles. The third kappa shape index (κ3) is 5.48. The Hall–Kier alpha value is -3.91. The fourth-order valence-electron chi connectivity index (χ4n) is 3.36. The molecular weight excluding hydrogens is 438 g/mol. The van der Waals surface area contributed by atoms with Crippen LogP contribution < -0.4 is 14.8 Å². The van der Waals surface area contributed by atoms with Gasteiger partial charge in [0, 0.05) is 35.5 Å². The summed E-state index contributed by atoms with van der Waals surface area (Å²) in [6.07, 6.45) is 0.626. The number of hydrogen-bond acceptors (Lipinski definition) is 7. The molecule has 0 unspecified atom stereocenters. The molecule has 4 rings (SSSR count). The lowest BCUT2D eigenvalue weighted by molar-refractivity contribution is -0.384. The predicted molar refractivity (Wildman–Crippen MR) is 130 cm³/mol. The molecule has 0 aliphatic rings. The van der Waals surface area contributed by atoms with E-state index in [1.54, 1.807) is 37.7 Å². The molecule has 1 aromatic heterocycles. The van der Waals surface area contributed by atoms with Crippen molar-refractivity contribution in [1.82, 2.24) is 4.98 Å². The summed E-state index contributed by atoms with van der Waals surface area (Å²) in [5, 5.41) is 15.2. The molecule has 8 heteroatoms. The van der Waals surface area contributed by atoms with E-state index < -0.39 is 0 Å². The van der Waals surface area contributed by atoms with Crippen LogP contribution in [0.15, 0.2) is 72.8 Å². The lowest BCUT2D eigenvalue weighted by Gasteiger charge is -2.05. The molecule has 0 aliphatic carbocycles. The molecule has 0 atom stereocenters. The fraction of sp³-hybridized carbons (Fsp3) is 0.160. The average molecular weight is 462 g/mol. The van der Waals surface area contributed by atoms with Gasteiger partial charge in [0.2, 0.25) is 0 Å². The molecule has 0 radical (unpaired) electrons. The number of non-ortho nitro benzene ring substituents is 1. The van der Waals surface area contributed by atoms with Gasteiger partial charge in [0.05, 0.1) is 24.8 Å². The number of nitro groups is 1. The number of hydrogen-bond donors (Lipinski definition) is 1. The first-order valence-corrected chi connectivity index (χ1v) is 11.1. The third-order valence-corrected chi connectivity index (χ3v) is 6.19. The van der Waals surface area contributed by atoms with Crippen molar-refractivity contribution in [2.24, 2.45) is 0 Å². The Morgan fingerprint density at radius 3 is 2.03 bits per heavy atom. The minimum atomic E-state index is -0.388. The quantitative estimate of drug-likeness (QED) is 0.245. The summed E-state index contributed by atoms with van der Waals surface area (Å²) in [5.41, 5.74) is 4.06. The molecule has 0 fully saturated rings. The summed E-state index contributed by atoms with van der Waals surface area (Å²) in [5.74, 6) is 1.60. The molecule has 4 aromatic rings. The molecule has 3 aromatic carbocycles. The average Bonchev–Trinajstić information content (AvgIpc) is 3.26. The monoisotopic (exact) mass is 461 g/mol. The van der Waals surface area contributed by atoms with Crippen LogP contribution in [0.3, 0.4) is 0 Å². The lowest BCUT2D eigenvalue weighted by Crippen LogP contribution is -1.98. The van der Waals surface area contributed by atoms with Gasteiger partial charge in [0.25, 0.3) is 5.69 Å². The van der Waals surface area contributed by atoms with Crippen LogP contribution in [0.25, 0.3) is 11.3 Å². The Morgan fingerprint density at radius 2 is 1.45 bits per heavy atom. The van der Waals surface area contributed by atoms with Gasteiger partial charge in [-0.2, -0.15) is 0 Å². The second kappa shape index (κ2) is 10.1. The van der Waals surface area contributed by atoms with Gasteiger partial charge >= 0.3 is 0 Å². The van der Waals surface area contributed by atoms with Crippen LogP contribution in [0.4, 0.5) is 10.8 Å². The highest BCUT2D eigenvalue weighted by Crippen LogP contribution is 2.34. The van der Waals surface area contributed by atoms with Crippen molar-refractivity contribution in [1.29, 1.82) is 0 Å². The van der Waals surface area contributed by atoms with Crippen molar-refractivity contribution in [3.63, 3.8) is 0 Å². The SMILES string of the molecule is COc1ccc(CNc2nc(-c3ccc(OC)cc3)c(Cc3ccc([N+](=O)[O-])cc3)s2)cc1. The van der Waals surface area contributed by atoms with E-state index in [1.807, 2.05) is 48.5 Å². The molecule has 1 heterocycles. The summed E-state index contributed by atoms with van der Waals surface area (Å²) >= 11 is 1.58. The van der Waals surface area contributed by atoms with Gasteiger partial charge in [-0.15, -0.1) is 11.3 Å². The number of rotatable bonds is 9. The van der Waals surface area contributed by atoms with Gasteiger partial charge in [0.15, 0.2) is 5.13 Å². The summed E-state index contributed by atoms with van der Waals surface area (Å²) in [7, 11) is 3.29. The van der Waals surface area contributed by atoms with E-state index in [0.717, 1.165) is 43.9 Å². The molecule has 33 heavy (non-hydrogen) atoms. The van der Waals surface area contributed by atoms with Crippen LogP contribution in [0, 0.1) is 10.1 Å². The summed E-state index contributed by atoms with van der Waals surface area (Å²) in [6.45, 7) is 0.635. The highest BCUT2D eigenvalue weighted by atomic mass is 32.1. The van der Waals surface area contributed by atoms with Gasteiger partial charge < -0.3 is 14.8 Å². The second-order valence-corrected chi connectivity index (χ2v) is 8.40. The van der Waals surface area contributed by atoms with E-state index in [2.05, 4.69) is 5.32 Å². The van der Waals surface area contributed by atoms with Gasteiger partial charge in [0.1, 0.15) is 11.5 Å². The number of methoxy groups -OCH3 is 2. The van der Waals surface area contributed by atoms with Gasteiger partial charge in [-0.05, 0) is 47.5 Å². The number of ether oxygens (including phenoxy) is 2. The number of benzene rings is 3. The topological polar surface area (TPSA) is 86.5 Å². The molecule has 0 bridgehead atoms. The minimum absolute atomic E-state index is 0.0836. The standard InChI is InChI=1S/C25H23N3O4S/c1-31-21-11-5-18(6-12-21)16-26-25-27-24(19-7-13-22(32-2)14-8-19)23(33-25)15-17-3-9-20(10-4-17)28(29)30/h3-14H,15-16H2,1-2H3,(H,26,27). The highest BCUT2D eigenvalue weighted by molar-refractivity contribution is 7.16. The van der Waals surface area contributed by atoms with Crippen LogP contribution in [0.1, 0.15) is 16.0 Å². The number of thiazole rings is 1. The van der Waals surface area contributed by atoms with Crippen LogP contribution >= 0.6 is 11.3 Å². The maximum absolute atomic E-state index is 11.0. The Bertz CT molecular complexity index is 1220. The van der Waals surface area contributed by atoms with Crippen molar-refractivity contribution in [3.8, 4) is 22.8 Å². The smallest absolute Gasteiger partial charge is 0.269 e. The van der Waals surface area contributed by atoms with E-state index >= 15 is 0 Å². The molecule has 168 valence electrons. The zero-order valence-corrected chi connectivity index (χ0v) is 19.1. The number of anilines is 1. The molecule has 0 spiro atoms. The van der Waals surface area contributed by atoms with Crippen molar-refractivity contribution in [2.45, 2.75) is 13.0 Å². The largest absolute Gasteiger partial charge is 0.497 e. The Morgan fingerprint density at radius 1 is 0.879 bits per heavy atom. The van der Waals surface area contributed by atoms with Crippen molar-refractivity contribution >= 4 is 22.2 Å². The number of nitrogens with one attached hydrogen (secondary N) is 1. The van der Waals surface area contributed by atoms with Crippen molar-refractivity contribution in [3.05, 3.63) is 98.9 Å². The van der Waals surface area contributed by atoms with Crippen molar-refractivity contribution < 1.29 is 14.4 Å². The highest BCUT2D eigenvalue weighted by Gasteiger charge is 2.15. The molecule has 1 N–H and O–H groups in total. The molecule has 7 nitrogen and oxygen atoms in total. The second-order valence-electron chi connectivity index (χ2n) is 7.32. The minimum Gasteiger partial charge on any atom is -0.497 e. The van der Waals surface area contributed by atoms with E-state index in [4.69, 9.17) is 14.5 Å². The predicted octanol–water partition coefficient (Wildman–Crippen LogP) is 5.94. The van der Waals surface area contributed by atoms with Gasteiger partial charge in [-0.1, -0.05) is 24.3 Å². The van der Waals surface area contributed by atoms with Crippen molar-refractivity contribution in [2.75, 3.05) is 19.5 Å². The molecular formula is C25H23N3O4S. The zero-order chi connectivity index (χ0) is 23.2. The Labute approximate surface area is 195 Å². The van der Waals surface area contributed by atoms with E-state index in [0.29, 0.717) is 13.0 Å². The molecule has 0 aliphatic heterocycles. The first-order valence-electron chi connectivity index (χ1n) is 10.3. The summed E-state index contributed by atoms with van der Waals surface area (Å²) in [4.78, 5) is 16.5. The van der Waals surface area contributed by atoms with Gasteiger partial charge in [-0.25, -0.2) is 4.98 Å². The first-order chi connectivity index (χ1) is 16.1. The van der Waals surface area contributed by atoms with Crippen LogP contribution in [0.5, 0.6) is 11.5 Å². The summed E-state index contributed by atoms with van der Waals surface area (Å²) < 4.78 is 10.5. The van der Waals surface area contributed by atoms with Gasteiger partial charge in [-0.3, -0.25) is 10.1 Å². The number of aromatic nitrogens is 1. The number of nitro benzene ring substituents is 1. The molecule has 0 saturated heterocycles. The van der Waals surface area contributed by atoms with E-state index in [-0.39, 0.29) is 10.6 Å². The normalized spacial score (nSPS) is 10.6.